The highest BCUT2D eigenvalue weighted by Gasteiger charge is 2.50. The van der Waals surface area contributed by atoms with Crippen LogP contribution in [0.15, 0.2) is 42.7 Å². The number of halogens is 3. The van der Waals surface area contributed by atoms with Crippen LogP contribution in [-0.2, 0) is 11.0 Å². The number of alkyl halides is 3. The Kier molecular flexibility index (Phi) is 6.88. The van der Waals surface area contributed by atoms with Crippen LogP contribution < -0.4 is 15.1 Å². The highest BCUT2D eigenvalue weighted by molar-refractivity contribution is 7.79. The summed E-state index contributed by atoms with van der Waals surface area (Å²) in [6.45, 7) is 1.97. The molecule has 1 N–H and O–H groups in total. The molecule has 2 aromatic heterocycles. The molecule has 1 saturated heterocycles. The number of rotatable bonds is 6. The maximum absolute atomic E-state index is 13.8. The average molecular weight is 541 g/mol. The van der Waals surface area contributed by atoms with Gasteiger partial charge < -0.3 is 19.7 Å². The minimum atomic E-state index is -4.77. The summed E-state index contributed by atoms with van der Waals surface area (Å²) < 4.78 is 42.9. The van der Waals surface area contributed by atoms with E-state index < -0.39 is 23.0 Å². The summed E-state index contributed by atoms with van der Waals surface area (Å²) in [7, 11) is 1.43. The minimum Gasteiger partial charge on any atom is -0.344 e. The summed E-state index contributed by atoms with van der Waals surface area (Å²) in [6.07, 6.45) is 2.36. The van der Waals surface area contributed by atoms with Crippen LogP contribution in [0.3, 0.4) is 0 Å². The SMILES string of the molecule is CN(C(=O)C1(N(C=S)c2ccc3c(ccn3C3CCNCC3)c2)CCC1)c1cnc(C#N)c(C(F)(F)F)c1. The van der Waals surface area contributed by atoms with Crippen LogP contribution in [0.2, 0.25) is 0 Å². The van der Waals surface area contributed by atoms with Gasteiger partial charge in [0.05, 0.1) is 22.9 Å². The molecule has 1 amide bonds. The fourth-order valence-corrected chi connectivity index (χ4v) is 5.88. The Labute approximate surface area is 223 Å². The van der Waals surface area contributed by atoms with Gasteiger partial charge in [-0.2, -0.15) is 18.4 Å². The van der Waals surface area contributed by atoms with E-state index >= 15 is 0 Å². The number of anilines is 2. The van der Waals surface area contributed by atoms with Gasteiger partial charge in [0, 0.05) is 35.9 Å². The molecule has 0 unspecified atom stereocenters. The Bertz CT molecular complexity index is 1420. The first-order chi connectivity index (χ1) is 18.2. The first-order valence-electron chi connectivity index (χ1n) is 12.5. The summed E-state index contributed by atoms with van der Waals surface area (Å²) >= 11 is 5.38. The van der Waals surface area contributed by atoms with Crippen molar-refractivity contribution in [2.45, 2.75) is 49.9 Å². The van der Waals surface area contributed by atoms with Gasteiger partial charge in [0.2, 0.25) is 0 Å². The number of piperidine rings is 1. The smallest absolute Gasteiger partial charge is 0.344 e. The molecule has 5 rings (SSSR count). The average Bonchev–Trinajstić information content (AvgIpc) is 3.32. The van der Waals surface area contributed by atoms with Crippen LogP contribution >= 0.6 is 12.2 Å². The maximum Gasteiger partial charge on any atom is 0.419 e. The van der Waals surface area contributed by atoms with Crippen molar-refractivity contribution in [3.63, 3.8) is 0 Å². The van der Waals surface area contributed by atoms with E-state index in [2.05, 4.69) is 27.1 Å². The Morgan fingerprint density at radius 3 is 2.58 bits per heavy atom. The van der Waals surface area contributed by atoms with E-state index in [0.29, 0.717) is 18.9 Å². The molecule has 11 heteroatoms. The lowest BCUT2D eigenvalue weighted by molar-refractivity contribution is -0.138. The molecule has 38 heavy (non-hydrogen) atoms. The number of nitrogens with zero attached hydrogens (tertiary/aromatic N) is 5. The van der Waals surface area contributed by atoms with Crippen molar-refractivity contribution in [3.8, 4) is 6.07 Å². The lowest BCUT2D eigenvalue weighted by Gasteiger charge is -2.49. The monoisotopic (exact) mass is 540 g/mol. The third-order valence-electron chi connectivity index (χ3n) is 7.81. The van der Waals surface area contributed by atoms with Gasteiger partial charge >= 0.3 is 6.18 Å². The lowest BCUT2D eigenvalue weighted by atomic mass is 9.74. The van der Waals surface area contributed by atoms with Crippen molar-refractivity contribution in [2.75, 3.05) is 29.9 Å². The number of carbonyl (C=O) groups excluding carboxylic acids is 1. The zero-order valence-electron chi connectivity index (χ0n) is 20.8. The zero-order valence-corrected chi connectivity index (χ0v) is 21.6. The number of benzene rings is 1. The summed E-state index contributed by atoms with van der Waals surface area (Å²) in [5, 5.41) is 13.5. The molecule has 0 radical (unpaired) electrons. The van der Waals surface area contributed by atoms with Crippen molar-refractivity contribution < 1.29 is 18.0 Å². The third-order valence-corrected chi connectivity index (χ3v) is 8.02. The van der Waals surface area contributed by atoms with Crippen LogP contribution in [-0.4, -0.2) is 46.6 Å². The van der Waals surface area contributed by atoms with Gasteiger partial charge in [-0.1, -0.05) is 12.2 Å². The number of carbonyl (C=O) groups is 1. The van der Waals surface area contributed by atoms with E-state index in [4.69, 9.17) is 17.5 Å². The molecule has 1 aromatic carbocycles. The Morgan fingerprint density at radius 2 is 1.97 bits per heavy atom. The molecule has 2 aliphatic rings. The molecule has 1 aliphatic carbocycles. The molecule has 3 aromatic rings. The van der Waals surface area contributed by atoms with Gasteiger partial charge in [-0.25, -0.2) is 4.98 Å². The number of nitrogens with one attached hydrogen (secondary N) is 1. The van der Waals surface area contributed by atoms with Crippen LogP contribution in [0.25, 0.3) is 10.9 Å². The summed E-state index contributed by atoms with van der Waals surface area (Å²) in [6, 6.07) is 10.8. The number of thiocarbonyl (C=S) groups is 1. The van der Waals surface area contributed by atoms with Gasteiger partial charge in [0.15, 0.2) is 5.69 Å². The van der Waals surface area contributed by atoms with Crippen LogP contribution in [0.4, 0.5) is 24.5 Å². The molecule has 0 atom stereocenters. The van der Waals surface area contributed by atoms with Crippen molar-refractivity contribution in [1.82, 2.24) is 14.9 Å². The van der Waals surface area contributed by atoms with Crippen LogP contribution in [0.1, 0.15) is 49.4 Å². The number of hydrogen-bond donors (Lipinski definition) is 1. The molecular formula is C27H27F3N6OS. The third kappa shape index (κ3) is 4.41. The van der Waals surface area contributed by atoms with Gasteiger partial charge in [-0.15, -0.1) is 0 Å². The largest absolute Gasteiger partial charge is 0.419 e. The normalized spacial score (nSPS) is 17.4. The first kappa shape index (κ1) is 26.1. The van der Waals surface area contributed by atoms with Gasteiger partial charge in [-0.05, 0) is 75.5 Å². The van der Waals surface area contributed by atoms with E-state index in [1.54, 1.807) is 4.90 Å². The molecule has 7 nitrogen and oxygen atoms in total. The highest BCUT2D eigenvalue weighted by atomic mass is 32.1. The standard InChI is InChI=1S/C27H27F3N6OS/c1-34(21-14-22(27(28,29)30)23(15-31)33-16-21)25(37)26(8-2-9-26)36(17-38)20-3-4-24-18(13-20)7-12-35(24)19-5-10-32-11-6-19/h3-4,7,12-14,16-17,19,32H,2,5-6,8-11H2,1H3. The van der Waals surface area contributed by atoms with Crippen LogP contribution in [0, 0.1) is 11.3 Å². The minimum absolute atomic E-state index is 0.0357. The number of aromatic nitrogens is 2. The molecule has 3 heterocycles. The molecule has 0 bridgehead atoms. The number of pyridine rings is 1. The van der Waals surface area contributed by atoms with Gasteiger partial charge in [0.1, 0.15) is 11.6 Å². The second-order valence-electron chi connectivity index (χ2n) is 9.87. The number of fused-ring (bicyclic) bond motifs is 1. The predicted octanol–water partition coefficient (Wildman–Crippen LogP) is 5.20. The fraction of sp³-hybridized carbons (Fsp3) is 0.407. The topological polar surface area (TPSA) is 77.2 Å². The lowest BCUT2D eigenvalue weighted by Crippen LogP contribution is -2.63. The van der Waals surface area contributed by atoms with Crippen LogP contribution in [0.5, 0.6) is 0 Å². The maximum atomic E-state index is 13.8. The number of hydrogen-bond acceptors (Lipinski definition) is 5. The number of nitriles is 1. The molecule has 198 valence electrons. The molecule has 2 fully saturated rings. The van der Waals surface area contributed by atoms with Crippen molar-refractivity contribution in [1.29, 1.82) is 5.26 Å². The predicted molar refractivity (Wildman–Crippen MR) is 143 cm³/mol. The molecule has 1 saturated carbocycles. The van der Waals surface area contributed by atoms with E-state index in [1.165, 1.54) is 23.5 Å². The number of amides is 1. The fourth-order valence-electron chi connectivity index (χ4n) is 5.55. The first-order valence-corrected chi connectivity index (χ1v) is 13.0. The summed E-state index contributed by atoms with van der Waals surface area (Å²) in [5.41, 5.74) is 0.361. The second-order valence-corrected chi connectivity index (χ2v) is 10.1. The molecule has 1 aliphatic heterocycles. The van der Waals surface area contributed by atoms with Crippen molar-refractivity contribution >= 4 is 45.9 Å². The van der Waals surface area contributed by atoms with Crippen molar-refractivity contribution in [3.05, 3.63) is 54.0 Å². The highest BCUT2D eigenvalue weighted by Crippen LogP contribution is 2.43. The van der Waals surface area contributed by atoms with E-state index in [1.807, 2.05) is 18.2 Å². The van der Waals surface area contributed by atoms with E-state index in [-0.39, 0.29) is 11.6 Å². The Balaban J connectivity index is 1.46. The Morgan fingerprint density at radius 1 is 1.24 bits per heavy atom. The van der Waals surface area contributed by atoms with E-state index in [0.717, 1.165) is 61.2 Å². The van der Waals surface area contributed by atoms with E-state index in [9.17, 15) is 18.0 Å². The zero-order chi connectivity index (χ0) is 27.1. The summed E-state index contributed by atoms with van der Waals surface area (Å²) in [4.78, 5) is 20.5. The quantitative estimate of drug-likeness (QED) is 0.433. The Hall–Kier alpha value is -3.49. The molecule has 0 spiro atoms. The van der Waals surface area contributed by atoms with Gasteiger partial charge in [-0.3, -0.25) is 4.79 Å². The molecular weight excluding hydrogens is 513 g/mol. The van der Waals surface area contributed by atoms with Gasteiger partial charge in [0.25, 0.3) is 5.91 Å². The second kappa shape index (κ2) is 10.0. The summed E-state index contributed by atoms with van der Waals surface area (Å²) in [5.74, 6) is -0.378. The van der Waals surface area contributed by atoms with Crippen molar-refractivity contribution in [2.24, 2.45) is 0 Å². The number of likely N-dealkylation sites (N-methyl/N-ethyl adjacent to an activating group) is 1.